The maximum absolute atomic E-state index is 15.3. The lowest BCUT2D eigenvalue weighted by molar-refractivity contribution is -0.120. The fraction of sp³-hybridized carbons (Fsp3) is 0.250. The number of Topliss-reactive ketones (excluding diaryl/α,β-unsaturated/α-hetero) is 2. The molecule has 4 atom stereocenters. The van der Waals surface area contributed by atoms with Gasteiger partial charge in [0.1, 0.15) is 11.5 Å². The summed E-state index contributed by atoms with van der Waals surface area (Å²) >= 11 is 0. The molecule has 2 heterocycles. The van der Waals surface area contributed by atoms with Gasteiger partial charge >= 0.3 is 0 Å². The Labute approximate surface area is 267 Å². The molecular formula is C40H36N2O4. The molecule has 6 heteroatoms. The molecule has 3 aliphatic rings. The van der Waals surface area contributed by atoms with Crippen molar-refractivity contribution in [2.24, 2.45) is 0 Å². The molecule has 4 unspecified atom stereocenters. The van der Waals surface area contributed by atoms with Crippen molar-refractivity contribution >= 4 is 39.7 Å². The predicted molar refractivity (Wildman–Crippen MR) is 181 cm³/mol. The van der Waals surface area contributed by atoms with E-state index in [1.54, 1.807) is 24.3 Å². The molecule has 0 radical (unpaired) electrons. The monoisotopic (exact) mass is 608 g/mol. The number of aromatic nitrogens is 2. The first-order chi connectivity index (χ1) is 22.1. The molecular weight excluding hydrogens is 572 g/mol. The summed E-state index contributed by atoms with van der Waals surface area (Å²) in [5.41, 5.74) is 7.17. The van der Waals surface area contributed by atoms with Crippen LogP contribution in [0.25, 0.3) is 28.1 Å². The van der Waals surface area contributed by atoms with Crippen LogP contribution in [-0.4, -0.2) is 31.7 Å². The Morgan fingerprint density at radius 3 is 1.80 bits per heavy atom. The zero-order valence-corrected chi connectivity index (χ0v) is 26.4. The molecule has 0 amide bonds. The number of hydrogen-bond acceptors (Lipinski definition) is 4. The van der Waals surface area contributed by atoms with Gasteiger partial charge in [0.15, 0.2) is 11.6 Å². The van der Waals surface area contributed by atoms with E-state index in [4.69, 9.17) is 0 Å². The lowest BCUT2D eigenvalue weighted by atomic mass is 9.70. The van der Waals surface area contributed by atoms with E-state index in [9.17, 15) is 10.2 Å². The van der Waals surface area contributed by atoms with Crippen LogP contribution in [0.1, 0.15) is 90.9 Å². The van der Waals surface area contributed by atoms with Crippen molar-refractivity contribution in [2.75, 3.05) is 0 Å². The minimum Gasteiger partial charge on any atom is -0.508 e. The first kappa shape index (κ1) is 28.4. The number of aromatic hydroxyl groups is 2. The summed E-state index contributed by atoms with van der Waals surface area (Å²) in [5.74, 6) is -0.313. The number of fused-ring (bicyclic) bond motifs is 6. The van der Waals surface area contributed by atoms with Crippen molar-refractivity contribution in [2.45, 2.75) is 63.2 Å². The number of rotatable bonds is 4. The molecule has 5 aromatic rings. The summed E-state index contributed by atoms with van der Waals surface area (Å²) in [7, 11) is 0. The van der Waals surface area contributed by atoms with E-state index in [-0.39, 0.29) is 34.9 Å². The Bertz CT molecular complexity index is 2160. The number of H-pyrrole nitrogens is 2. The van der Waals surface area contributed by atoms with Crippen molar-refractivity contribution < 1.29 is 19.8 Å². The van der Waals surface area contributed by atoms with Crippen LogP contribution in [0, 0.1) is 0 Å². The van der Waals surface area contributed by atoms with Crippen molar-refractivity contribution in [3.05, 3.63) is 124 Å². The summed E-state index contributed by atoms with van der Waals surface area (Å²) in [6, 6.07) is 22.1. The van der Waals surface area contributed by atoms with Crippen LogP contribution < -0.4 is 0 Å². The number of allylic oxidation sites excluding steroid dienone is 3. The SMILES string of the molecule is CC(c1ccc(O)cc1)C1(C)C(=O)/C(=C2/C(=O)C(C)(C(C)c3ccc(O)cc3)c3[nH]c4ccccc4c32)c2c1[nH]c1c2C=CCC1. The molecule has 0 aliphatic heterocycles. The van der Waals surface area contributed by atoms with Gasteiger partial charge in [-0.1, -0.05) is 68.5 Å². The van der Waals surface area contributed by atoms with Crippen LogP contribution in [0.3, 0.4) is 0 Å². The number of aromatic amines is 2. The first-order valence-electron chi connectivity index (χ1n) is 16.0. The number of aryl methyl sites for hydroxylation is 1. The molecule has 0 spiro atoms. The van der Waals surface area contributed by atoms with Crippen molar-refractivity contribution in [3.63, 3.8) is 0 Å². The largest absolute Gasteiger partial charge is 0.508 e. The summed E-state index contributed by atoms with van der Waals surface area (Å²) in [6.45, 7) is 8.09. The highest BCUT2D eigenvalue weighted by Gasteiger charge is 2.58. The van der Waals surface area contributed by atoms with Crippen LogP contribution in [0.5, 0.6) is 11.5 Å². The number of carbonyl (C=O) groups excluding carboxylic acids is 2. The van der Waals surface area contributed by atoms with E-state index in [1.807, 2.05) is 69.3 Å². The van der Waals surface area contributed by atoms with Crippen LogP contribution in [0.4, 0.5) is 0 Å². The maximum Gasteiger partial charge on any atom is 0.176 e. The van der Waals surface area contributed by atoms with Gasteiger partial charge in [-0.25, -0.2) is 0 Å². The molecule has 3 aromatic carbocycles. The van der Waals surface area contributed by atoms with E-state index in [0.29, 0.717) is 11.1 Å². The predicted octanol–water partition coefficient (Wildman–Crippen LogP) is 8.07. The summed E-state index contributed by atoms with van der Waals surface area (Å²) in [6.07, 6.45) is 5.99. The number of para-hydroxylation sites is 1. The molecule has 4 N–H and O–H groups in total. The van der Waals surface area contributed by atoms with Crippen LogP contribution in [0.15, 0.2) is 78.9 Å². The molecule has 8 rings (SSSR count). The molecule has 230 valence electrons. The third-order valence-electron chi connectivity index (χ3n) is 11.4. The van der Waals surface area contributed by atoms with Crippen LogP contribution in [0.2, 0.25) is 0 Å². The Morgan fingerprint density at radius 1 is 0.696 bits per heavy atom. The number of ketones is 2. The number of phenolic OH excluding ortho intramolecular Hbond substituents is 2. The molecule has 2 aromatic heterocycles. The summed E-state index contributed by atoms with van der Waals surface area (Å²) < 4.78 is 0. The Kier molecular flexibility index (Phi) is 5.98. The van der Waals surface area contributed by atoms with Crippen molar-refractivity contribution in [3.8, 4) is 11.5 Å². The summed E-state index contributed by atoms with van der Waals surface area (Å²) in [5, 5.41) is 20.9. The highest BCUT2D eigenvalue weighted by molar-refractivity contribution is 6.49. The smallest absolute Gasteiger partial charge is 0.176 e. The van der Waals surface area contributed by atoms with Gasteiger partial charge < -0.3 is 20.2 Å². The quantitative estimate of drug-likeness (QED) is 0.155. The number of nitrogens with one attached hydrogen (secondary N) is 2. The highest BCUT2D eigenvalue weighted by Crippen LogP contribution is 2.59. The number of phenols is 2. The van der Waals surface area contributed by atoms with Gasteiger partial charge in [-0.15, -0.1) is 0 Å². The topological polar surface area (TPSA) is 106 Å². The van der Waals surface area contributed by atoms with E-state index >= 15 is 9.59 Å². The molecule has 6 nitrogen and oxygen atoms in total. The van der Waals surface area contributed by atoms with Crippen molar-refractivity contribution in [1.82, 2.24) is 9.97 Å². The van der Waals surface area contributed by atoms with Gasteiger partial charge in [0.2, 0.25) is 0 Å². The average Bonchev–Trinajstić information content (AvgIpc) is 3.76. The Balaban J connectivity index is 1.43. The van der Waals surface area contributed by atoms with E-state index in [1.165, 1.54) is 0 Å². The molecule has 0 fully saturated rings. The van der Waals surface area contributed by atoms with Crippen LogP contribution >= 0.6 is 0 Å². The number of carbonyl (C=O) groups is 2. The fourth-order valence-corrected chi connectivity index (χ4v) is 8.29. The van der Waals surface area contributed by atoms with E-state index in [0.717, 1.165) is 68.6 Å². The minimum absolute atomic E-state index is 0.0720. The third kappa shape index (κ3) is 3.58. The molecule has 3 aliphatic carbocycles. The van der Waals surface area contributed by atoms with Gasteiger partial charge in [0.25, 0.3) is 0 Å². The molecule has 0 bridgehead atoms. The zero-order valence-electron chi connectivity index (χ0n) is 26.4. The van der Waals surface area contributed by atoms with E-state index in [2.05, 4.69) is 29.0 Å². The number of benzene rings is 3. The van der Waals surface area contributed by atoms with Gasteiger partial charge in [0, 0.05) is 55.8 Å². The number of hydrogen-bond donors (Lipinski definition) is 4. The second-order valence-corrected chi connectivity index (χ2v) is 13.6. The molecule has 0 saturated carbocycles. The third-order valence-corrected chi connectivity index (χ3v) is 11.4. The normalized spacial score (nSPS) is 24.7. The zero-order chi connectivity index (χ0) is 32.1. The summed E-state index contributed by atoms with van der Waals surface area (Å²) in [4.78, 5) is 37.8. The average molecular weight is 609 g/mol. The van der Waals surface area contributed by atoms with Gasteiger partial charge in [-0.3, -0.25) is 9.59 Å². The maximum atomic E-state index is 15.3. The van der Waals surface area contributed by atoms with Gasteiger partial charge in [-0.2, -0.15) is 0 Å². The van der Waals surface area contributed by atoms with Crippen LogP contribution in [-0.2, 0) is 26.8 Å². The Hall–Kier alpha value is -5.10. The van der Waals surface area contributed by atoms with Crippen molar-refractivity contribution in [1.29, 1.82) is 0 Å². The second kappa shape index (κ2) is 9.70. The minimum atomic E-state index is -0.998. The second-order valence-electron chi connectivity index (χ2n) is 13.6. The van der Waals surface area contributed by atoms with Gasteiger partial charge in [0.05, 0.1) is 10.8 Å². The van der Waals surface area contributed by atoms with E-state index < -0.39 is 10.8 Å². The molecule has 0 saturated heterocycles. The van der Waals surface area contributed by atoms with Gasteiger partial charge in [-0.05, 0) is 80.0 Å². The highest BCUT2D eigenvalue weighted by atomic mass is 16.3. The lowest BCUT2D eigenvalue weighted by Crippen LogP contribution is -2.36. The molecule has 46 heavy (non-hydrogen) atoms. The standard InChI is InChI=1S/C40H36N2O4/c1-21(23-13-17-25(43)18-14-23)39(3)35-31(27-9-5-7-11-29(27)41-35)33(37(39)45)34-32-28-10-6-8-12-30(28)42-36(32)40(4,38(34)46)22(2)24-15-19-26(44)20-16-24/h5-7,9-11,13-22,41-44H,8,12H2,1-4H3/b34-33+. The fourth-order valence-electron chi connectivity index (χ4n) is 8.29. The Morgan fingerprint density at radius 2 is 1.22 bits per heavy atom. The lowest BCUT2D eigenvalue weighted by Gasteiger charge is -2.31. The first-order valence-corrected chi connectivity index (χ1v) is 16.0.